The van der Waals surface area contributed by atoms with Crippen molar-refractivity contribution in [3.63, 3.8) is 0 Å². The maximum atomic E-state index is 6.96. The lowest BCUT2D eigenvalue weighted by atomic mass is 9.57. The number of nitrogens with one attached hydrogen (secondary N) is 1. The van der Waals surface area contributed by atoms with Gasteiger partial charge in [0.1, 0.15) is 0 Å². The fourth-order valence-corrected chi connectivity index (χ4v) is 7.23. The Morgan fingerprint density at radius 3 is 2.57 bits per heavy atom. The summed E-state index contributed by atoms with van der Waals surface area (Å²) in [4.78, 5) is 0. The van der Waals surface area contributed by atoms with Crippen LogP contribution < -0.4 is 16.8 Å². The predicted octanol–water partition coefficient (Wildman–Crippen LogP) is 4.85. The lowest BCUT2D eigenvalue weighted by Gasteiger charge is -2.61. The number of fused-ring (bicyclic) bond motifs is 3. The number of nitrogens with two attached hydrogens (primary N) is 2. The van der Waals surface area contributed by atoms with Gasteiger partial charge in [0.25, 0.3) is 0 Å². The minimum Gasteiger partial charge on any atom is -0.372 e. The van der Waals surface area contributed by atoms with Crippen LogP contribution in [0.4, 0.5) is 0 Å². The maximum Gasteiger partial charge on any atom is 0.0934 e. The quantitative estimate of drug-likeness (QED) is 0.580. The molecule has 0 amide bonds. The first-order valence-corrected chi connectivity index (χ1v) is 12.5. The van der Waals surface area contributed by atoms with Crippen LogP contribution in [0.3, 0.4) is 0 Å². The van der Waals surface area contributed by atoms with Gasteiger partial charge in [0.2, 0.25) is 0 Å². The fraction of sp³-hybridized carbons (Fsp3) is 0.846. The molecule has 170 valence electrons. The van der Waals surface area contributed by atoms with E-state index in [-0.39, 0.29) is 17.4 Å². The van der Waals surface area contributed by atoms with E-state index < -0.39 is 0 Å². The minimum atomic E-state index is -0.0784. The summed E-state index contributed by atoms with van der Waals surface area (Å²) >= 11 is 0. The molecule has 2 saturated carbocycles. The van der Waals surface area contributed by atoms with E-state index >= 15 is 0 Å². The summed E-state index contributed by atoms with van der Waals surface area (Å²) < 4.78 is 6.96. The van der Waals surface area contributed by atoms with E-state index in [0.717, 1.165) is 30.6 Å². The Kier molecular flexibility index (Phi) is 6.41. The van der Waals surface area contributed by atoms with Crippen LogP contribution in [-0.2, 0) is 4.74 Å². The van der Waals surface area contributed by atoms with Gasteiger partial charge in [-0.1, -0.05) is 32.8 Å². The van der Waals surface area contributed by atoms with Gasteiger partial charge < -0.3 is 21.5 Å². The third kappa shape index (κ3) is 4.66. The summed E-state index contributed by atoms with van der Waals surface area (Å²) in [5.41, 5.74) is 14.0. The highest BCUT2D eigenvalue weighted by molar-refractivity contribution is 5.24. The lowest BCUT2D eigenvalue weighted by Crippen LogP contribution is -2.66. The van der Waals surface area contributed by atoms with Crippen LogP contribution in [0.1, 0.15) is 85.5 Å². The molecule has 30 heavy (non-hydrogen) atoms. The van der Waals surface area contributed by atoms with Crippen LogP contribution >= 0.6 is 0 Å². The average molecular weight is 416 g/mol. The molecule has 2 bridgehead atoms. The second-order valence-corrected chi connectivity index (χ2v) is 11.9. The SMILES string of the molecule is CC(C)CCC1CC(CC2=CNC(N)C=C2)CC(C23CCC(C(N)C2)C(C)(C)O3)C1. The highest BCUT2D eigenvalue weighted by Crippen LogP contribution is 2.56. The second kappa shape index (κ2) is 8.60. The van der Waals surface area contributed by atoms with Gasteiger partial charge in [-0.15, -0.1) is 0 Å². The molecule has 4 fully saturated rings. The normalized spacial score (nSPS) is 42.8. The Bertz CT molecular complexity index is 669. The molecule has 0 aromatic heterocycles. The van der Waals surface area contributed by atoms with Crippen molar-refractivity contribution in [2.45, 2.75) is 109 Å². The zero-order valence-corrected chi connectivity index (χ0v) is 19.7. The number of allylic oxidation sites excluding steroid dienone is 2. The van der Waals surface area contributed by atoms with Crippen molar-refractivity contribution in [1.82, 2.24) is 5.32 Å². The molecule has 0 aromatic rings. The van der Waals surface area contributed by atoms with Crippen molar-refractivity contribution in [2.75, 3.05) is 0 Å². The molecule has 2 aliphatic carbocycles. The molecular weight excluding hydrogens is 370 g/mol. The smallest absolute Gasteiger partial charge is 0.0934 e. The highest BCUT2D eigenvalue weighted by Gasteiger charge is 2.58. The Labute approximate surface area is 184 Å². The number of rotatable bonds is 6. The van der Waals surface area contributed by atoms with Gasteiger partial charge in [-0.25, -0.2) is 0 Å². The molecule has 5 aliphatic rings. The van der Waals surface area contributed by atoms with Gasteiger partial charge in [-0.05, 0) is 94.1 Å². The van der Waals surface area contributed by atoms with E-state index in [9.17, 15) is 0 Å². The molecule has 5 N–H and O–H groups in total. The third-order valence-electron chi connectivity index (χ3n) is 8.64. The Balaban J connectivity index is 1.51. The zero-order valence-electron chi connectivity index (χ0n) is 19.7. The standard InChI is InChI=1S/C26H45N3O/c1-17(2)5-6-18-11-20(12-19-7-8-24(28)29-16-19)14-21(13-18)26-10-9-22(23(27)15-26)25(3,4)30-26/h7-8,16-18,20-24,29H,5-6,9-15,27-28H2,1-4H3. The topological polar surface area (TPSA) is 73.3 Å². The van der Waals surface area contributed by atoms with Crippen LogP contribution in [0.15, 0.2) is 23.9 Å². The Morgan fingerprint density at radius 1 is 1.17 bits per heavy atom. The molecule has 4 heteroatoms. The lowest BCUT2D eigenvalue weighted by molar-refractivity contribution is -0.270. The highest BCUT2D eigenvalue weighted by atomic mass is 16.5. The largest absolute Gasteiger partial charge is 0.372 e. The van der Waals surface area contributed by atoms with Gasteiger partial charge in [0, 0.05) is 18.2 Å². The van der Waals surface area contributed by atoms with Gasteiger partial charge in [-0.3, -0.25) is 0 Å². The zero-order chi connectivity index (χ0) is 21.5. The second-order valence-electron chi connectivity index (χ2n) is 11.9. The van der Waals surface area contributed by atoms with Crippen molar-refractivity contribution < 1.29 is 4.74 Å². The summed E-state index contributed by atoms with van der Waals surface area (Å²) in [6.45, 7) is 9.29. The van der Waals surface area contributed by atoms with Crippen molar-refractivity contribution in [3.05, 3.63) is 23.9 Å². The first-order chi connectivity index (χ1) is 14.2. The van der Waals surface area contributed by atoms with Crippen molar-refractivity contribution in [1.29, 1.82) is 0 Å². The summed E-state index contributed by atoms with van der Waals surface area (Å²) in [7, 11) is 0. The van der Waals surface area contributed by atoms with Gasteiger partial charge in [0.05, 0.1) is 17.4 Å². The number of ether oxygens (including phenoxy) is 1. The molecule has 0 spiro atoms. The molecule has 3 aliphatic heterocycles. The number of hydrogen-bond donors (Lipinski definition) is 3. The van der Waals surface area contributed by atoms with E-state index in [0.29, 0.717) is 17.9 Å². The van der Waals surface area contributed by atoms with Crippen LogP contribution in [0.25, 0.3) is 0 Å². The van der Waals surface area contributed by atoms with E-state index in [4.69, 9.17) is 16.2 Å². The van der Waals surface area contributed by atoms with Crippen LogP contribution in [-0.4, -0.2) is 23.4 Å². The van der Waals surface area contributed by atoms with E-state index in [1.165, 1.54) is 50.5 Å². The average Bonchev–Trinajstić information content (AvgIpc) is 2.67. The Hall–Kier alpha value is -0.840. The minimum absolute atomic E-state index is 0.00378. The molecule has 4 nitrogen and oxygen atoms in total. The van der Waals surface area contributed by atoms with Crippen molar-refractivity contribution in [2.24, 2.45) is 41.1 Å². The van der Waals surface area contributed by atoms with Gasteiger partial charge in [0.15, 0.2) is 0 Å². The van der Waals surface area contributed by atoms with Gasteiger partial charge in [-0.2, -0.15) is 0 Å². The maximum absolute atomic E-state index is 6.96. The first-order valence-electron chi connectivity index (χ1n) is 12.5. The van der Waals surface area contributed by atoms with Crippen molar-refractivity contribution in [3.8, 4) is 0 Å². The first kappa shape index (κ1) is 22.4. The van der Waals surface area contributed by atoms with Crippen LogP contribution in [0.2, 0.25) is 0 Å². The monoisotopic (exact) mass is 415 g/mol. The molecule has 3 heterocycles. The third-order valence-corrected chi connectivity index (χ3v) is 8.64. The molecule has 0 radical (unpaired) electrons. The van der Waals surface area contributed by atoms with E-state index in [2.05, 4.69) is 51.4 Å². The molecule has 7 atom stereocenters. The van der Waals surface area contributed by atoms with Crippen LogP contribution in [0, 0.1) is 29.6 Å². The Morgan fingerprint density at radius 2 is 1.93 bits per heavy atom. The summed E-state index contributed by atoms with van der Waals surface area (Å²) in [6.07, 6.45) is 17.7. The van der Waals surface area contributed by atoms with Crippen molar-refractivity contribution >= 4 is 0 Å². The fourth-order valence-electron chi connectivity index (χ4n) is 7.23. The summed E-state index contributed by atoms with van der Waals surface area (Å²) in [5.74, 6) is 3.48. The number of dihydropyridines is 1. The van der Waals surface area contributed by atoms with Crippen LogP contribution in [0.5, 0.6) is 0 Å². The molecule has 5 rings (SSSR count). The predicted molar refractivity (Wildman–Crippen MR) is 125 cm³/mol. The number of hydrogen-bond acceptors (Lipinski definition) is 4. The van der Waals surface area contributed by atoms with E-state index in [1.807, 2.05) is 0 Å². The molecular formula is C26H45N3O. The molecule has 0 aromatic carbocycles. The molecule has 2 saturated heterocycles. The summed E-state index contributed by atoms with van der Waals surface area (Å²) in [6, 6.07) is 0.298. The molecule has 7 unspecified atom stereocenters. The van der Waals surface area contributed by atoms with Gasteiger partial charge >= 0.3 is 0 Å². The summed E-state index contributed by atoms with van der Waals surface area (Å²) in [5, 5.41) is 3.28. The van der Waals surface area contributed by atoms with E-state index in [1.54, 1.807) is 0 Å².